The van der Waals surface area contributed by atoms with Gasteiger partial charge in [0, 0.05) is 18.0 Å². The van der Waals surface area contributed by atoms with Crippen molar-refractivity contribution < 1.29 is 9.53 Å². The number of hydrogen-bond acceptors (Lipinski definition) is 4. The Balaban J connectivity index is 2.41. The SMILES string of the molecule is COc1cncc(C(=O)c2ncc(C)cc2C)c1. The van der Waals surface area contributed by atoms with Crippen molar-refractivity contribution in [3.8, 4) is 5.75 Å². The highest BCUT2D eigenvalue weighted by Gasteiger charge is 2.14. The van der Waals surface area contributed by atoms with Crippen LogP contribution in [0.25, 0.3) is 0 Å². The molecule has 0 amide bonds. The van der Waals surface area contributed by atoms with Crippen molar-refractivity contribution in [3.05, 3.63) is 53.1 Å². The van der Waals surface area contributed by atoms with Crippen LogP contribution in [-0.2, 0) is 0 Å². The molecule has 0 atom stereocenters. The molecule has 0 fully saturated rings. The molecule has 2 aromatic rings. The summed E-state index contributed by atoms with van der Waals surface area (Å²) in [7, 11) is 1.54. The van der Waals surface area contributed by atoms with Crippen molar-refractivity contribution in [3.63, 3.8) is 0 Å². The molecule has 4 nitrogen and oxygen atoms in total. The molecule has 92 valence electrons. The summed E-state index contributed by atoms with van der Waals surface area (Å²) >= 11 is 0. The number of ether oxygens (including phenoxy) is 1. The monoisotopic (exact) mass is 242 g/mol. The fraction of sp³-hybridized carbons (Fsp3) is 0.214. The number of aryl methyl sites for hydroxylation is 2. The summed E-state index contributed by atoms with van der Waals surface area (Å²) in [6.07, 6.45) is 4.77. The summed E-state index contributed by atoms with van der Waals surface area (Å²) in [5.41, 5.74) is 2.83. The highest BCUT2D eigenvalue weighted by atomic mass is 16.5. The third kappa shape index (κ3) is 2.37. The highest BCUT2D eigenvalue weighted by molar-refractivity contribution is 6.08. The van der Waals surface area contributed by atoms with Crippen molar-refractivity contribution in [2.24, 2.45) is 0 Å². The molecule has 0 spiro atoms. The maximum atomic E-state index is 12.3. The second kappa shape index (κ2) is 4.96. The van der Waals surface area contributed by atoms with E-state index in [1.54, 1.807) is 25.6 Å². The maximum absolute atomic E-state index is 12.3. The van der Waals surface area contributed by atoms with Gasteiger partial charge in [0.2, 0.25) is 5.78 Å². The second-order valence-electron chi connectivity index (χ2n) is 4.12. The van der Waals surface area contributed by atoms with Gasteiger partial charge < -0.3 is 4.74 Å². The van der Waals surface area contributed by atoms with Gasteiger partial charge in [-0.05, 0) is 31.0 Å². The van der Waals surface area contributed by atoms with E-state index in [9.17, 15) is 4.79 Å². The third-order valence-corrected chi connectivity index (χ3v) is 2.64. The van der Waals surface area contributed by atoms with E-state index in [-0.39, 0.29) is 5.78 Å². The number of carbonyl (C=O) groups is 1. The number of hydrogen-bond donors (Lipinski definition) is 0. The Morgan fingerprint density at radius 2 is 1.94 bits per heavy atom. The van der Waals surface area contributed by atoms with Crippen LogP contribution in [0.1, 0.15) is 27.2 Å². The molecule has 18 heavy (non-hydrogen) atoms. The van der Waals surface area contributed by atoms with Crippen molar-refractivity contribution in [1.29, 1.82) is 0 Å². The third-order valence-electron chi connectivity index (χ3n) is 2.64. The average molecular weight is 242 g/mol. The van der Waals surface area contributed by atoms with Gasteiger partial charge in [-0.25, -0.2) is 0 Å². The molecule has 0 aromatic carbocycles. The molecule has 0 N–H and O–H groups in total. The molecular weight excluding hydrogens is 228 g/mol. The zero-order valence-electron chi connectivity index (χ0n) is 10.6. The van der Waals surface area contributed by atoms with E-state index in [1.807, 2.05) is 19.9 Å². The van der Waals surface area contributed by atoms with Gasteiger partial charge in [0.05, 0.1) is 13.3 Å². The van der Waals surface area contributed by atoms with Crippen LogP contribution in [0, 0.1) is 13.8 Å². The molecule has 0 bridgehead atoms. The lowest BCUT2D eigenvalue weighted by atomic mass is 10.0. The lowest BCUT2D eigenvalue weighted by molar-refractivity contribution is 0.103. The van der Waals surface area contributed by atoms with Crippen LogP contribution >= 0.6 is 0 Å². The molecule has 0 saturated heterocycles. The topological polar surface area (TPSA) is 52.1 Å². The van der Waals surface area contributed by atoms with E-state index in [2.05, 4.69) is 9.97 Å². The Hall–Kier alpha value is -2.23. The fourth-order valence-electron chi connectivity index (χ4n) is 1.74. The maximum Gasteiger partial charge on any atom is 0.213 e. The molecule has 2 rings (SSSR count). The zero-order valence-corrected chi connectivity index (χ0v) is 10.6. The summed E-state index contributed by atoms with van der Waals surface area (Å²) < 4.78 is 5.06. The minimum Gasteiger partial charge on any atom is -0.495 e. The summed E-state index contributed by atoms with van der Waals surface area (Å²) in [5.74, 6) is 0.421. The fourth-order valence-corrected chi connectivity index (χ4v) is 1.74. The molecule has 0 unspecified atom stereocenters. The summed E-state index contributed by atoms with van der Waals surface area (Å²) in [5, 5.41) is 0. The highest BCUT2D eigenvalue weighted by Crippen LogP contribution is 2.16. The lowest BCUT2D eigenvalue weighted by Crippen LogP contribution is -2.07. The first-order valence-corrected chi connectivity index (χ1v) is 5.59. The largest absolute Gasteiger partial charge is 0.495 e. The normalized spacial score (nSPS) is 10.2. The standard InChI is InChI=1S/C14H14N2O2/c1-9-4-10(2)13(16-6-9)14(17)11-5-12(18-3)8-15-7-11/h4-8H,1-3H3. The number of carbonyl (C=O) groups excluding carboxylic acids is 1. The summed E-state index contributed by atoms with van der Waals surface area (Å²) in [6, 6.07) is 3.60. The van der Waals surface area contributed by atoms with Gasteiger partial charge in [0.25, 0.3) is 0 Å². The predicted molar refractivity (Wildman–Crippen MR) is 67.9 cm³/mol. The Labute approximate surface area is 106 Å². The second-order valence-corrected chi connectivity index (χ2v) is 4.12. The Morgan fingerprint density at radius 1 is 1.17 bits per heavy atom. The first-order valence-electron chi connectivity index (χ1n) is 5.59. The van der Waals surface area contributed by atoms with E-state index in [0.29, 0.717) is 17.0 Å². The Bertz CT molecular complexity index is 594. The molecule has 2 aromatic heterocycles. The van der Waals surface area contributed by atoms with Crippen molar-refractivity contribution in [2.45, 2.75) is 13.8 Å². The molecule has 2 heterocycles. The first-order chi connectivity index (χ1) is 8.61. The van der Waals surface area contributed by atoms with Gasteiger partial charge in [-0.15, -0.1) is 0 Å². The van der Waals surface area contributed by atoms with Crippen LogP contribution in [0.4, 0.5) is 0 Å². The molecule has 0 radical (unpaired) electrons. The van der Waals surface area contributed by atoms with E-state index in [1.165, 1.54) is 6.20 Å². The number of rotatable bonds is 3. The quantitative estimate of drug-likeness (QED) is 0.775. The zero-order chi connectivity index (χ0) is 13.1. The molecular formula is C14H14N2O2. The number of nitrogens with zero attached hydrogens (tertiary/aromatic N) is 2. The number of ketones is 1. The van der Waals surface area contributed by atoms with E-state index in [0.717, 1.165) is 11.1 Å². The average Bonchev–Trinajstić information content (AvgIpc) is 2.38. The van der Waals surface area contributed by atoms with E-state index < -0.39 is 0 Å². The van der Waals surface area contributed by atoms with Crippen LogP contribution in [0.3, 0.4) is 0 Å². The molecule has 0 saturated carbocycles. The van der Waals surface area contributed by atoms with Gasteiger partial charge in [0.1, 0.15) is 11.4 Å². The van der Waals surface area contributed by atoms with Crippen molar-refractivity contribution in [2.75, 3.05) is 7.11 Å². The lowest BCUT2D eigenvalue weighted by Gasteiger charge is -2.06. The van der Waals surface area contributed by atoms with Gasteiger partial charge in [-0.3, -0.25) is 14.8 Å². The molecule has 0 aliphatic carbocycles. The Kier molecular flexibility index (Phi) is 3.37. The van der Waals surface area contributed by atoms with Gasteiger partial charge in [-0.2, -0.15) is 0 Å². The molecule has 4 heteroatoms. The van der Waals surface area contributed by atoms with Gasteiger partial charge in [0.15, 0.2) is 0 Å². The van der Waals surface area contributed by atoms with Crippen LogP contribution < -0.4 is 4.74 Å². The Morgan fingerprint density at radius 3 is 2.61 bits per heavy atom. The summed E-state index contributed by atoms with van der Waals surface area (Å²) in [6.45, 7) is 3.82. The predicted octanol–water partition coefficient (Wildman–Crippen LogP) is 2.33. The molecule has 0 aliphatic heterocycles. The van der Waals surface area contributed by atoms with Crippen molar-refractivity contribution >= 4 is 5.78 Å². The van der Waals surface area contributed by atoms with Crippen LogP contribution in [0.5, 0.6) is 5.75 Å². The van der Waals surface area contributed by atoms with E-state index in [4.69, 9.17) is 4.74 Å². The minimum atomic E-state index is -0.140. The van der Waals surface area contributed by atoms with Crippen LogP contribution in [-0.4, -0.2) is 22.9 Å². The van der Waals surface area contributed by atoms with E-state index >= 15 is 0 Å². The van der Waals surface area contributed by atoms with Crippen LogP contribution in [0.15, 0.2) is 30.7 Å². The number of aromatic nitrogens is 2. The first kappa shape index (κ1) is 12.2. The summed E-state index contributed by atoms with van der Waals surface area (Å²) in [4.78, 5) is 20.5. The van der Waals surface area contributed by atoms with Gasteiger partial charge >= 0.3 is 0 Å². The van der Waals surface area contributed by atoms with Crippen LogP contribution in [0.2, 0.25) is 0 Å². The number of pyridine rings is 2. The smallest absolute Gasteiger partial charge is 0.213 e. The van der Waals surface area contributed by atoms with Gasteiger partial charge in [-0.1, -0.05) is 6.07 Å². The molecule has 0 aliphatic rings. The van der Waals surface area contributed by atoms with Crippen molar-refractivity contribution in [1.82, 2.24) is 9.97 Å². The minimum absolute atomic E-state index is 0.140. The number of methoxy groups -OCH3 is 1.